The molecule has 1 radical (unpaired) electrons. The van der Waals surface area contributed by atoms with E-state index in [1.165, 1.54) is 10.8 Å². The molecule has 4 heterocycles. The fraction of sp³-hybridized carbons (Fsp3) is 0.241. The number of nitrogens with one attached hydrogen (secondary N) is 2. The van der Waals surface area contributed by atoms with Crippen LogP contribution in [0.5, 0.6) is 0 Å². The first-order chi connectivity index (χ1) is 18.4. The van der Waals surface area contributed by atoms with Gasteiger partial charge in [0.1, 0.15) is 0 Å². The van der Waals surface area contributed by atoms with Crippen molar-refractivity contribution < 1.29 is 9.59 Å². The number of hydrogen-bond acceptors (Lipinski definition) is 4. The van der Waals surface area contributed by atoms with Gasteiger partial charge in [-0.25, -0.2) is 4.52 Å². The molecule has 0 bridgehead atoms. The highest BCUT2D eigenvalue weighted by molar-refractivity contribution is 6.74. The third kappa shape index (κ3) is 4.39. The van der Waals surface area contributed by atoms with Gasteiger partial charge in [-0.2, -0.15) is 4.98 Å². The molecule has 0 unspecified atom stereocenters. The van der Waals surface area contributed by atoms with Gasteiger partial charge in [-0.3, -0.25) is 14.9 Å². The Morgan fingerprint density at radius 3 is 2.71 bits per heavy atom. The minimum atomic E-state index is -1.16. The quantitative estimate of drug-likeness (QED) is 0.341. The van der Waals surface area contributed by atoms with Crippen molar-refractivity contribution in [2.45, 2.75) is 32.7 Å². The molecule has 0 saturated carbocycles. The van der Waals surface area contributed by atoms with Crippen molar-refractivity contribution in [3.8, 4) is 11.1 Å². The van der Waals surface area contributed by atoms with Gasteiger partial charge < -0.3 is 9.55 Å². The maximum absolute atomic E-state index is 13.6. The molecule has 9 heteroatoms. The Hall–Kier alpha value is -4.24. The molecule has 38 heavy (non-hydrogen) atoms. The number of hydrogen-bond donors (Lipinski definition) is 2. The van der Waals surface area contributed by atoms with Crippen LogP contribution in [0.4, 0.5) is 5.95 Å². The van der Waals surface area contributed by atoms with Gasteiger partial charge in [0.05, 0.1) is 5.56 Å². The molecule has 5 aromatic rings. The second-order valence-electron chi connectivity index (χ2n) is 10.1. The number of rotatable bonds is 5. The van der Waals surface area contributed by atoms with Crippen molar-refractivity contribution in [1.82, 2.24) is 24.1 Å². The Morgan fingerprint density at radius 1 is 1.05 bits per heavy atom. The lowest BCUT2D eigenvalue weighted by Crippen LogP contribution is -2.50. The van der Waals surface area contributed by atoms with Crippen LogP contribution in [0.3, 0.4) is 0 Å². The van der Waals surface area contributed by atoms with Crippen LogP contribution in [-0.4, -0.2) is 39.9 Å². The van der Waals surface area contributed by atoms with Crippen LogP contribution in [0.2, 0.25) is 6.04 Å². The Morgan fingerprint density at radius 2 is 1.87 bits per heavy atom. The van der Waals surface area contributed by atoms with Crippen LogP contribution in [0.15, 0.2) is 67.0 Å². The van der Waals surface area contributed by atoms with E-state index in [1.807, 2.05) is 56.1 Å². The summed E-state index contributed by atoms with van der Waals surface area (Å²) in [5.41, 5.74) is 5.62. The molecule has 0 fully saturated rings. The molecule has 191 valence electrons. The standard InChI is InChI=1S/C29H29N6O2Si/c1-18(2)27(36)31-29-30-26-16-21(12-13-35(26)32-29)20-10-11-24-22(15-20)23(17-34(24)3)28(37)33-38-14-6-8-19-7-4-5-9-25(19)38/h4-5,7,9-13,15-18H,6,8,14H2,1-3H3,(H,33,37)(H,31,32,36). The van der Waals surface area contributed by atoms with Crippen molar-refractivity contribution in [2.75, 3.05) is 5.32 Å². The number of benzene rings is 2. The van der Waals surface area contributed by atoms with E-state index in [0.29, 0.717) is 11.2 Å². The number of fused-ring (bicyclic) bond motifs is 3. The molecule has 1 aliphatic rings. The summed E-state index contributed by atoms with van der Waals surface area (Å²) in [6, 6.07) is 19.6. The average Bonchev–Trinajstić information content (AvgIpc) is 3.48. The predicted octanol–water partition coefficient (Wildman–Crippen LogP) is 4.06. The van der Waals surface area contributed by atoms with Crippen LogP contribution >= 0.6 is 0 Å². The largest absolute Gasteiger partial charge is 0.374 e. The highest BCUT2D eigenvalue weighted by Gasteiger charge is 2.26. The summed E-state index contributed by atoms with van der Waals surface area (Å²) in [5.74, 6) is -0.0150. The van der Waals surface area contributed by atoms with E-state index < -0.39 is 8.96 Å². The maximum Gasteiger partial charge on any atom is 0.249 e. The Labute approximate surface area is 222 Å². The van der Waals surface area contributed by atoms with Crippen molar-refractivity contribution in [3.63, 3.8) is 0 Å². The van der Waals surface area contributed by atoms with Crippen molar-refractivity contribution in [1.29, 1.82) is 0 Å². The van der Waals surface area contributed by atoms with Gasteiger partial charge in [-0.1, -0.05) is 44.2 Å². The first-order valence-electron chi connectivity index (χ1n) is 12.9. The molecule has 3 aromatic heterocycles. The smallest absolute Gasteiger partial charge is 0.249 e. The summed E-state index contributed by atoms with van der Waals surface area (Å²) in [6.07, 6.45) is 5.95. The summed E-state index contributed by atoms with van der Waals surface area (Å²) in [5, 5.41) is 9.34. The zero-order valence-corrected chi connectivity index (χ0v) is 22.7. The molecular weight excluding hydrogens is 492 g/mol. The van der Waals surface area contributed by atoms with Crippen LogP contribution < -0.4 is 15.5 Å². The first-order valence-corrected chi connectivity index (χ1v) is 14.6. The maximum atomic E-state index is 13.6. The number of amides is 2. The van der Waals surface area contributed by atoms with Crippen molar-refractivity contribution >= 4 is 48.5 Å². The van der Waals surface area contributed by atoms with E-state index in [0.717, 1.165) is 40.9 Å². The van der Waals surface area contributed by atoms with Gasteiger partial charge >= 0.3 is 0 Å². The van der Waals surface area contributed by atoms with E-state index in [-0.39, 0.29) is 23.7 Å². The fourth-order valence-corrected chi connectivity index (χ4v) is 7.44. The van der Waals surface area contributed by atoms with Gasteiger partial charge in [0, 0.05) is 36.3 Å². The van der Waals surface area contributed by atoms with Gasteiger partial charge in [-0.15, -0.1) is 5.10 Å². The van der Waals surface area contributed by atoms with Crippen LogP contribution in [0.25, 0.3) is 27.7 Å². The number of anilines is 1. The number of carbonyl (C=O) groups excluding carboxylic acids is 2. The molecule has 0 aliphatic carbocycles. The molecule has 2 amide bonds. The number of pyridine rings is 1. The topological polar surface area (TPSA) is 93.3 Å². The van der Waals surface area contributed by atoms with Gasteiger partial charge in [0.25, 0.3) is 0 Å². The lowest BCUT2D eigenvalue weighted by molar-refractivity contribution is -0.118. The monoisotopic (exact) mass is 521 g/mol. The van der Waals surface area contributed by atoms with Gasteiger partial charge in [-0.05, 0) is 65.0 Å². The lowest BCUT2D eigenvalue weighted by Gasteiger charge is -2.24. The molecule has 6 rings (SSSR count). The third-order valence-corrected chi connectivity index (χ3v) is 9.66. The van der Waals surface area contributed by atoms with Gasteiger partial charge in [0.2, 0.25) is 26.7 Å². The van der Waals surface area contributed by atoms with Crippen molar-refractivity contribution in [2.24, 2.45) is 13.0 Å². The normalized spacial score (nSPS) is 13.7. The molecule has 2 N–H and O–H groups in total. The zero-order chi connectivity index (χ0) is 26.4. The summed E-state index contributed by atoms with van der Waals surface area (Å²) in [7, 11) is 0.807. The molecule has 0 spiro atoms. The van der Waals surface area contributed by atoms with Crippen molar-refractivity contribution in [3.05, 3.63) is 78.1 Å². The highest BCUT2D eigenvalue weighted by atomic mass is 28.3. The molecule has 0 saturated heterocycles. The molecule has 1 aliphatic heterocycles. The SMILES string of the molecule is CC(C)C(=O)Nc1nc2cc(-c3ccc4c(c3)c(C(=O)N[Si]3CCCc5ccccc53)cn4C)ccn2n1. The summed E-state index contributed by atoms with van der Waals surface area (Å²) < 4.78 is 3.65. The first kappa shape index (κ1) is 24.1. The molecule has 0 atom stereocenters. The average molecular weight is 522 g/mol. The summed E-state index contributed by atoms with van der Waals surface area (Å²) in [4.78, 5) is 33.5. The van der Waals surface area contributed by atoms with E-state index in [9.17, 15) is 9.59 Å². The molecule has 8 nitrogen and oxygen atoms in total. The molecule has 2 aromatic carbocycles. The summed E-state index contributed by atoms with van der Waals surface area (Å²) in [6.45, 7) is 3.65. The Balaban J connectivity index is 1.31. The Kier molecular flexibility index (Phi) is 6.07. The van der Waals surface area contributed by atoms with Crippen LogP contribution in [0, 0.1) is 5.92 Å². The van der Waals surface area contributed by atoms with Crippen LogP contribution in [-0.2, 0) is 18.3 Å². The predicted molar refractivity (Wildman–Crippen MR) is 151 cm³/mol. The van der Waals surface area contributed by atoms with E-state index in [2.05, 4.69) is 56.8 Å². The minimum Gasteiger partial charge on any atom is -0.374 e. The highest BCUT2D eigenvalue weighted by Crippen LogP contribution is 2.29. The molecular formula is C29H29N6O2Si. The lowest BCUT2D eigenvalue weighted by atomic mass is 10.0. The zero-order valence-electron chi connectivity index (χ0n) is 21.7. The number of carbonyl (C=O) groups is 2. The summed E-state index contributed by atoms with van der Waals surface area (Å²) >= 11 is 0. The second-order valence-corrected chi connectivity index (χ2v) is 12.4. The van der Waals surface area contributed by atoms with Crippen LogP contribution in [0.1, 0.15) is 36.2 Å². The second kappa shape index (κ2) is 9.57. The minimum absolute atomic E-state index is 0.0169. The number of nitrogens with zero attached hydrogens (tertiary/aromatic N) is 4. The van der Waals surface area contributed by atoms with E-state index in [4.69, 9.17) is 0 Å². The number of aromatic nitrogens is 4. The third-order valence-electron chi connectivity index (χ3n) is 7.14. The van der Waals surface area contributed by atoms with E-state index >= 15 is 0 Å². The number of aryl methyl sites for hydroxylation is 2. The fourth-order valence-electron chi connectivity index (χ4n) is 5.08. The van der Waals surface area contributed by atoms with Gasteiger partial charge in [0.15, 0.2) is 5.65 Å². The van der Waals surface area contributed by atoms with E-state index in [1.54, 1.807) is 4.52 Å². The Bertz CT molecular complexity index is 1700.